The molecule has 0 aliphatic heterocycles. The summed E-state index contributed by atoms with van der Waals surface area (Å²) < 4.78 is 27.2. The van der Waals surface area contributed by atoms with Crippen molar-refractivity contribution in [2.75, 3.05) is 5.32 Å². The average Bonchev–Trinajstić information content (AvgIpc) is 3.14. The molecule has 5 N–H and O–H groups in total. The Labute approximate surface area is 184 Å². The van der Waals surface area contributed by atoms with Crippen molar-refractivity contribution in [1.29, 1.82) is 0 Å². The molecule has 10 nitrogen and oxygen atoms in total. The van der Waals surface area contributed by atoms with Crippen LogP contribution in [0.4, 0.5) is 5.69 Å². The van der Waals surface area contributed by atoms with Crippen LogP contribution in [0, 0.1) is 0 Å². The molecule has 3 rings (SSSR count). The minimum Gasteiger partial charge on any atom is -0.361 e. The molecule has 0 unspecified atom stereocenters. The van der Waals surface area contributed by atoms with E-state index in [0.717, 1.165) is 16.5 Å². The zero-order chi connectivity index (χ0) is 23.3. The van der Waals surface area contributed by atoms with Crippen molar-refractivity contribution < 1.29 is 22.8 Å². The van der Waals surface area contributed by atoms with E-state index >= 15 is 0 Å². The molecule has 0 aliphatic carbocycles. The molecular weight excluding hydrogens is 434 g/mol. The topological polar surface area (TPSA) is 149 Å². The summed E-state index contributed by atoms with van der Waals surface area (Å²) in [4.78, 5) is 38.5. The molecule has 0 fully saturated rings. The van der Waals surface area contributed by atoms with Gasteiger partial charge in [-0.05, 0) is 42.8 Å². The summed E-state index contributed by atoms with van der Waals surface area (Å²) in [5.74, 6) is -1.46. The fourth-order valence-corrected chi connectivity index (χ4v) is 4.21. The summed E-state index contributed by atoms with van der Waals surface area (Å²) in [6, 6.07) is 11.8. The van der Waals surface area contributed by atoms with Crippen LogP contribution in [-0.4, -0.2) is 37.2 Å². The lowest BCUT2D eigenvalue weighted by Crippen LogP contribution is -2.51. The molecule has 32 heavy (non-hydrogen) atoms. The Balaban J connectivity index is 1.53. The minimum atomic E-state index is -3.99. The van der Waals surface area contributed by atoms with Gasteiger partial charge in [-0.1, -0.05) is 18.2 Å². The molecule has 1 atom stereocenters. The Morgan fingerprint density at radius 3 is 2.38 bits per heavy atom. The number of amides is 3. The Kier molecular flexibility index (Phi) is 6.91. The van der Waals surface area contributed by atoms with Crippen molar-refractivity contribution in [2.24, 2.45) is 0 Å². The molecule has 1 aromatic heterocycles. The quantitative estimate of drug-likeness (QED) is 0.338. The van der Waals surface area contributed by atoms with E-state index in [1.165, 1.54) is 38.1 Å². The van der Waals surface area contributed by atoms with Crippen molar-refractivity contribution in [3.05, 3.63) is 60.3 Å². The molecule has 2 aromatic carbocycles. The zero-order valence-corrected chi connectivity index (χ0v) is 18.2. The van der Waals surface area contributed by atoms with E-state index < -0.39 is 27.9 Å². The van der Waals surface area contributed by atoms with Crippen molar-refractivity contribution >= 4 is 44.3 Å². The molecule has 3 aromatic rings. The highest BCUT2D eigenvalue weighted by Crippen LogP contribution is 2.18. The number of nitrogens with one attached hydrogen (secondary N) is 5. The SMILES string of the molecule is CC(=O)Nc1ccc(S(=O)(=O)N[C@@H](C)C(=O)NNC(=O)Cc2c[nH]c3ccccc23)cc1. The van der Waals surface area contributed by atoms with E-state index in [9.17, 15) is 22.8 Å². The Hall–Kier alpha value is -3.70. The lowest BCUT2D eigenvalue weighted by molar-refractivity contribution is -0.129. The predicted octanol–water partition coefficient (Wildman–Crippen LogP) is 1.18. The van der Waals surface area contributed by atoms with Gasteiger partial charge in [-0.3, -0.25) is 25.2 Å². The molecule has 0 saturated carbocycles. The van der Waals surface area contributed by atoms with E-state index in [2.05, 4.69) is 25.9 Å². The number of carbonyl (C=O) groups excluding carboxylic acids is 3. The van der Waals surface area contributed by atoms with Crippen molar-refractivity contribution in [2.45, 2.75) is 31.2 Å². The van der Waals surface area contributed by atoms with Crippen LogP contribution >= 0.6 is 0 Å². The van der Waals surface area contributed by atoms with Gasteiger partial charge in [0.25, 0.3) is 5.91 Å². The van der Waals surface area contributed by atoms with Crippen molar-refractivity contribution in [3.8, 4) is 0 Å². The normalized spacial score (nSPS) is 12.2. The number of hydrogen-bond donors (Lipinski definition) is 5. The van der Waals surface area contributed by atoms with Gasteiger partial charge < -0.3 is 10.3 Å². The molecular formula is C21H23N5O5S. The second-order valence-corrected chi connectivity index (χ2v) is 8.84. The number of anilines is 1. The van der Waals surface area contributed by atoms with Gasteiger partial charge in [-0.15, -0.1) is 0 Å². The first kappa shape index (κ1) is 23.0. The minimum absolute atomic E-state index is 0.0328. The first-order valence-corrected chi connectivity index (χ1v) is 11.2. The van der Waals surface area contributed by atoms with Crippen molar-refractivity contribution in [3.63, 3.8) is 0 Å². The van der Waals surface area contributed by atoms with Gasteiger partial charge in [0, 0.05) is 29.7 Å². The second-order valence-electron chi connectivity index (χ2n) is 7.12. The number of aromatic amines is 1. The number of hydrazine groups is 1. The number of H-pyrrole nitrogens is 1. The maximum atomic E-state index is 12.5. The third-order valence-electron chi connectivity index (χ3n) is 4.56. The van der Waals surface area contributed by atoms with Crippen LogP contribution < -0.4 is 20.9 Å². The highest BCUT2D eigenvalue weighted by Gasteiger charge is 2.22. The Morgan fingerprint density at radius 1 is 1.00 bits per heavy atom. The molecule has 0 saturated heterocycles. The van der Waals surface area contributed by atoms with Gasteiger partial charge in [-0.2, -0.15) is 4.72 Å². The fourth-order valence-electron chi connectivity index (χ4n) is 3.01. The van der Waals surface area contributed by atoms with E-state index in [-0.39, 0.29) is 17.2 Å². The molecule has 168 valence electrons. The average molecular weight is 458 g/mol. The molecule has 0 radical (unpaired) electrons. The van der Waals surface area contributed by atoms with Gasteiger partial charge in [0.2, 0.25) is 21.8 Å². The highest BCUT2D eigenvalue weighted by atomic mass is 32.2. The van der Waals surface area contributed by atoms with Crippen molar-refractivity contribution in [1.82, 2.24) is 20.6 Å². The number of carbonyl (C=O) groups is 3. The van der Waals surface area contributed by atoms with E-state index in [1.54, 1.807) is 6.20 Å². The van der Waals surface area contributed by atoms with Gasteiger partial charge in [0.05, 0.1) is 17.4 Å². The fraction of sp³-hybridized carbons (Fsp3) is 0.190. The van der Waals surface area contributed by atoms with Crippen LogP contribution in [-0.2, 0) is 30.8 Å². The summed E-state index contributed by atoms with van der Waals surface area (Å²) in [7, 11) is -3.99. The highest BCUT2D eigenvalue weighted by molar-refractivity contribution is 7.89. The number of benzene rings is 2. The monoisotopic (exact) mass is 457 g/mol. The van der Waals surface area contributed by atoms with E-state index in [4.69, 9.17) is 0 Å². The maximum absolute atomic E-state index is 12.5. The third kappa shape index (κ3) is 5.71. The number of hydrogen-bond acceptors (Lipinski definition) is 5. The van der Waals surface area contributed by atoms with Gasteiger partial charge in [-0.25, -0.2) is 8.42 Å². The zero-order valence-electron chi connectivity index (χ0n) is 17.4. The number of sulfonamides is 1. The lowest BCUT2D eigenvalue weighted by atomic mass is 10.1. The van der Waals surface area contributed by atoms with Crippen LogP contribution in [0.5, 0.6) is 0 Å². The Morgan fingerprint density at radius 2 is 1.69 bits per heavy atom. The second kappa shape index (κ2) is 9.62. The summed E-state index contributed by atoms with van der Waals surface area (Å²) in [5.41, 5.74) is 6.62. The molecule has 0 bridgehead atoms. The first-order valence-electron chi connectivity index (χ1n) is 9.69. The first-order chi connectivity index (χ1) is 15.2. The van der Waals surface area contributed by atoms with E-state index in [1.807, 2.05) is 24.3 Å². The Bertz CT molecular complexity index is 1250. The maximum Gasteiger partial charge on any atom is 0.256 e. The number of aromatic nitrogens is 1. The van der Waals surface area contributed by atoms with E-state index in [0.29, 0.717) is 5.69 Å². The van der Waals surface area contributed by atoms with Crippen LogP contribution in [0.2, 0.25) is 0 Å². The standard InChI is InChI=1S/C21H23N5O5S/c1-13(26-32(30,31)17-9-7-16(8-10-17)23-14(2)27)21(29)25-24-20(28)11-15-12-22-19-6-4-3-5-18(15)19/h3-10,12-13,22,26H,11H2,1-2H3,(H,23,27)(H,24,28)(H,25,29)/t13-/m0/s1. The molecule has 0 spiro atoms. The molecule has 1 heterocycles. The van der Waals surface area contributed by atoms with Crippen LogP contribution in [0.1, 0.15) is 19.4 Å². The van der Waals surface area contributed by atoms with Gasteiger partial charge in [0.15, 0.2) is 0 Å². The predicted molar refractivity (Wildman–Crippen MR) is 119 cm³/mol. The number of para-hydroxylation sites is 1. The van der Waals surface area contributed by atoms with Gasteiger partial charge >= 0.3 is 0 Å². The summed E-state index contributed by atoms with van der Waals surface area (Å²) in [6.07, 6.45) is 1.76. The summed E-state index contributed by atoms with van der Waals surface area (Å²) in [5, 5.41) is 3.44. The number of fused-ring (bicyclic) bond motifs is 1. The summed E-state index contributed by atoms with van der Waals surface area (Å²) >= 11 is 0. The summed E-state index contributed by atoms with van der Waals surface area (Å²) in [6.45, 7) is 2.69. The smallest absolute Gasteiger partial charge is 0.256 e. The lowest BCUT2D eigenvalue weighted by Gasteiger charge is -2.15. The largest absolute Gasteiger partial charge is 0.361 e. The van der Waals surface area contributed by atoms with Crippen LogP contribution in [0.15, 0.2) is 59.6 Å². The molecule has 11 heteroatoms. The number of rotatable bonds is 7. The van der Waals surface area contributed by atoms with Crippen LogP contribution in [0.25, 0.3) is 10.9 Å². The molecule has 3 amide bonds. The van der Waals surface area contributed by atoms with Crippen LogP contribution in [0.3, 0.4) is 0 Å². The third-order valence-corrected chi connectivity index (χ3v) is 6.12. The van der Waals surface area contributed by atoms with Gasteiger partial charge in [0.1, 0.15) is 0 Å². The molecule has 0 aliphatic rings.